The number of aryl methyl sites for hydroxylation is 1. The van der Waals surface area contributed by atoms with E-state index in [9.17, 15) is 14.9 Å². The van der Waals surface area contributed by atoms with E-state index in [2.05, 4.69) is 15.5 Å². The molecule has 2 aromatic rings. The minimum absolute atomic E-state index is 0.0166. The van der Waals surface area contributed by atoms with Crippen molar-refractivity contribution in [2.24, 2.45) is 12.8 Å². The highest BCUT2D eigenvalue weighted by Gasteiger charge is 2.22. The molecule has 0 spiro atoms. The summed E-state index contributed by atoms with van der Waals surface area (Å²) in [6.07, 6.45) is 1.40. The molecule has 0 aliphatic carbocycles. The first kappa shape index (κ1) is 20.1. The van der Waals surface area contributed by atoms with E-state index in [0.717, 1.165) is 12.8 Å². The van der Waals surface area contributed by atoms with Gasteiger partial charge in [-0.25, -0.2) is 4.79 Å². The second-order valence-corrected chi connectivity index (χ2v) is 6.30. The lowest BCUT2D eigenvalue weighted by molar-refractivity contribution is -0.383. The van der Waals surface area contributed by atoms with Gasteiger partial charge in [-0.1, -0.05) is 6.07 Å². The number of anilines is 1. The van der Waals surface area contributed by atoms with Crippen molar-refractivity contribution in [3.8, 4) is 11.4 Å². The van der Waals surface area contributed by atoms with Crippen molar-refractivity contribution < 1.29 is 14.5 Å². The van der Waals surface area contributed by atoms with Crippen LogP contribution in [0.15, 0.2) is 18.2 Å². The van der Waals surface area contributed by atoms with Crippen LogP contribution in [0.1, 0.15) is 32.0 Å². The molecule has 1 heterocycles. The quantitative estimate of drug-likeness (QED) is 0.390. The molecule has 0 aliphatic rings. The Morgan fingerprint density at radius 2 is 2.15 bits per heavy atom. The third-order valence-corrected chi connectivity index (χ3v) is 4.24. The number of unbranched alkanes of at least 4 members (excludes halogenated alkanes) is 1. The highest BCUT2D eigenvalue weighted by atomic mass is 16.6. The summed E-state index contributed by atoms with van der Waals surface area (Å²) >= 11 is 0. The molecule has 10 heteroatoms. The van der Waals surface area contributed by atoms with Gasteiger partial charge in [0.15, 0.2) is 5.82 Å². The minimum atomic E-state index is -0.787. The number of nitrogens with zero attached hydrogens (tertiary/aromatic N) is 4. The molecule has 27 heavy (non-hydrogen) atoms. The molecule has 0 bridgehead atoms. The molecule has 0 radical (unpaired) electrons. The zero-order chi connectivity index (χ0) is 20.0. The Morgan fingerprint density at radius 3 is 2.74 bits per heavy atom. The first-order valence-electron chi connectivity index (χ1n) is 8.63. The molecule has 1 unspecified atom stereocenters. The van der Waals surface area contributed by atoms with Gasteiger partial charge in [-0.2, -0.15) is 0 Å². The van der Waals surface area contributed by atoms with Crippen LogP contribution in [0.25, 0.3) is 11.4 Å². The second-order valence-electron chi connectivity index (χ2n) is 6.30. The van der Waals surface area contributed by atoms with E-state index in [4.69, 9.17) is 10.5 Å². The maximum Gasteiger partial charge on any atom is 0.404 e. The molecule has 1 atom stereocenters. The van der Waals surface area contributed by atoms with Gasteiger partial charge in [-0.15, -0.1) is 10.2 Å². The lowest BCUT2D eigenvalue weighted by Gasteiger charge is -2.18. The Labute approximate surface area is 156 Å². The summed E-state index contributed by atoms with van der Waals surface area (Å²) in [7, 11) is 1.81. The van der Waals surface area contributed by atoms with Crippen molar-refractivity contribution in [2.45, 2.75) is 39.2 Å². The van der Waals surface area contributed by atoms with E-state index in [1.54, 1.807) is 16.7 Å². The maximum absolute atomic E-state index is 11.5. The molecular formula is C17H24N6O4. The summed E-state index contributed by atoms with van der Waals surface area (Å²) < 4.78 is 6.48. The predicted molar refractivity (Wildman–Crippen MR) is 100 cm³/mol. The van der Waals surface area contributed by atoms with E-state index >= 15 is 0 Å². The van der Waals surface area contributed by atoms with Crippen molar-refractivity contribution in [1.82, 2.24) is 14.8 Å². The number of para-hydroxylation sites is 1. The van der Waals surface area contributed by atoms with Crippen LogP contribution < -0.4 is 11.1 Å². The van der Waals surface area contributed by atoms with Crippen LogP contribution in [0, 0.1) is 17.0 Å². The van der Waals surface area contributed by atoms with Gasteiger partial charge in [0, 0.05) is 24.7 Å². The van der Waals surface area contributed by atoms with Crippen LogP contribution in [0.2, 0.25) is 0 Å². The molecular weight excluding hydrogens is 352 g/mol. The van der Waals surface area contributed by atoms with Crippen LogP contribution >= 0.6 is 0 Å². The summed E-state index contributed by atoms with van der Waals surface area (Å²) in [6.45, 7) is 4.02. The summed E-state index contributed by atoms with van der Waals surface area (Å²) in [5.41, 5.74) is 5.94. The monoisotopic (exact) mass is 376 g/mol. The van der Waals surface area contributed by atoms with E-state index in [1.165, 1.54) is 6.07 Å². The number of nitro groups is 1. The highest BCUT2D eigenvalue weighted by Crippen LogP contribution is 2.35. The number of amides is 1. The molecule has 10 nitrogen and oxygen atoms in total. The van der Waals surface area contributed by atoms with Gasteiger partial charge in [-0.3, -0.25) is 10.1 Å². The molecule has 0 saturated carbocycles. The average molecular weight is 376 g/mol. The average Bonchev–Trinajstić information content (AvgIpc) is 2.93. The van der Waals surface area contributed by atoms with Gasteiger partial charge in [-0.05, 0) is 39.2 Å². The summed E-state index contributed by atoms with van der Waals surface area (Å²) in [4.78, 5) is 21.6. The van der Waals surface area contributed by atoms with Gasteiger partial charge in [0.1, 0.15) is 11.5 Å². The number of nitrogens with one attached hydrogen (secondary N) is 1. The zero-order valence-electron chi connectivity index (χ0n) is 15.6. The number of ether oxygens (including phenoxy) is 1. The molecule has 1 aromatic heterocycles. The Kier molecular flexibility index (Phi) is 6.69. The topological polar surface area (TPSA) is 138 Å². The first-order chi connectivity index (χ1) is 12.8. The molecule has 2 rings (SSSR count). The van der Waals surface area contributed by atoms with Gasteiger partial charge in [0.05, 0.1) is 11.5 Å². The number of carbonyl (C=O) groups excluding carboxylic acids is 1. The zero-order valence-corrected chi connectivity index (χ0v) is 15.6. The first-order valence-corrected chi connectivity index (χ1v) is 8.63. The van der Waals surface area contributed by atoms with Crippen LogP contribution in [0.5, 0.6) is 0 Å². The number of hydrogen-bond donors (Lipinski definition) is 2. The van der Waals surface area contributed by atoms with Crippen LogP contribution in [-0.2, 0) is 11.8 Å². The Balaban J connectivity index is 2.17. The molecule has 0 aliphatic heterocycles. The normalized spacial score (nSPS) is 11.8. The number of primary amides is 1. The number of benzene rings is 1. The number of nitrogens with two attached hydrogens (primary N) is 1. The summed E-state index contributed by atoms with van der Waals surface area (Å²) in [6, 6.07) is 4.84. The molecule has 0 saturated heterocycles. The molecule has 3 N–H and O–H groups in total. The van der Waals surface area contributed by atoms with E-state index in [0.29, 0.717) is 29.3 Å². The number of rotatable bonds is 9. The van der Waals surface area contributed by atoms with Gasteiger partial charge in [0.2, 0.25) is 0 Å². The van der Waals surface area contributed by atoms with Crippen molar-refractivity contribution in [1.29, 1.82) is 0 Å². The van der Waals surface area contributed by atoms with Gasteiger partial charge in [0.25, 0.3) is 5.69 Å². The number of carbonyl (C=O) groups is 1. The van der Waals surface area contributed by atoms with Crippen molar-refractivity contribution in [3.63, 3.8) is 0 Å². The fourth-order valence-corrected chi connectivity index (χ4v) is 2.72. The molecule has 1 amide bonds. The fourth-order valence-electron chi connectivity index (χ4n) is 2.72. The Hall–Kier alpha value is -3.17. The molecule has 1 aromatic carbocycles. The Bertz CT molecular complexity index is 820. The van der Waals surface area contributed by atoms with E-state index in [-0.39, 0.29) is 18.3 Å². The van der Waals surface area contributed by atoms with Crippen molar-refractivity contribution in [2.75, 3.05) is 11.9 Å². The van der Waals surface area contributed by atoms with E-state index < -0.39 is 11.0 Å². The smallest absolute Gasteiger partial charge is 0.404 e. The maximum atomic E-state index is 11.5. The number of aromatic nitrogens is 3. The van der Waals surface area contributed by atoms with Crippen molar-refractivity contribution in [3.05, 3.63) is 34.1 Å². The fraction of sp³-hybridized carbons (Fsp3) is 0.471. The largest absolute Gasteiger partial charge is 0.450 e. The third-order valence-electron chi connectivity index (χ3n) is 4.24. The van der Waals surface area contributed by atoms with E-state index in [1.807, 2.05) is 20.9 Å². The molecule has 0 fully saturated rings. The lowest BCUT2D eigenvalue weighted by atomic mass is 10.1. The highest BCUT2D eigenvalue weighted by molar-refractivity contribution is 5.81. The van der Waals surface area contributed by atoms with Crippen LogP contribution in [0.4, 0.5) is 16.2 Å². The van der Waals surface area contributed by atoms with Crippen LogP contribution in [0.3, 0.4) is 0 Å². The second kappa shape index (κ2) is 8.97. The Morgan fingerprint density at radius 1 is 1.41 bits per heavy atom. The van der Waals surface area contributed by atoms with Crippen molar-refractivity contribution >= 4 is 17.5 Å². The predicted octanol–water partition coefficient (Wildman–Crippen LogP) is 2.76. The standard InChI is InChI=1S/C17H24N6O4/c1-11(7-4-5-10-27-17(18)24)19-15-13(8-6-9-14(15)23(25)26)16-21-20-12(2)22(16)3/h6,8-9,11,19H,4-5,7,10H2,1-3H3,(H2,18,24). The van der Waals surface area contributed by atoms with Gasteiger partial charge >= 0.3 is 6.09 Å². The molecule has 146 valence electrons. The number of hydrogen-bond acceptors (Lipinski definition) is 7. The minimum Gasteiger partial charge on any atom is -0.450 e. The van der Waals surface area contributed by atoms with Gasteiger partial charge < -0.3 is 20.4 Å². The SMILES string of the molecule is Cc1nnc(-c2cccc([N+](=O)[O-])c2NC(C)CCCCOC(N)=O)n1C. The summed E-state index contributed by atoms with van der Waals surface area (Å²) in [5, 5.41) is 22.9. The third kappa shape index (κ3) is 5.16. The van der Waals surface area contributed by atoms with Crippen LogP contribution in [-0.4, -0.2) is 38.4 Å². The number of nitro benzene ring substituents is 1. The lowest BCUT2D eigenvalue weighted by Crippen LogP contribution is -2.18. The summed E-state index contributed by atoms with van der Waals surface area (Å²) in [5.74, 6) is 1.27.